The number of aryl methyl sites for hydroxylation is 2. The molecule has 0 unspecified atom stereocenters. The van der Waals surface area contributed by atoms with E-state index in [1.165, 1.54) is 11.1 Å². The number of rotatable bonds is 5. The predicted molar refractivity (Wildman–Crippen MR) is 159 cm³/mol. The Morgan fingerprint density at radius 1 is 0.316 bits per heavy atom. The second-order valence-corrected chi connectivity index (χ2v) is 9.72. The van der Waals surface area contributed by atoms with Gasteiger partial charge in [-0.05, 0) is 60.4 Å². The van der Waals surface area contributed by atoms with E-state index >= 15 is 0 Å². The second kappa shape index (κ2) is 10.3. The first-order chi connectivity index (χ1) is 18.6. The molecule has 0 bridgehead atoms. The summed E-state index contributed by atoms with van der Waals surface area (Å²) < 4.78 is 0. The summed E-state index contributed by atoms with van der Waals surface area (Å²) in [4.78, 5) is 10.3. The van der Waals surface area contributed by atoms with Gasteiger partial charge in [-0.2, -0.15) is 0 Å². The molecule has 0 aliphatic rings. The molecule has 0 fully saturated rings. The maximum Gasteiger partial charge on any atom is 0.0900 e. The van der Waals surface area contributed by atoms with Crippen molar-refractivity contribution in [2.75, 3.05) is 0 Å². The molecule has 0 amide bonds. The van der Waals surface area contributed by atoms with Gasteiger partial charge in [0.05, 0.1) is 22.8 Å². The van der Waals surface area contributed by atoms with Crippen LogP contribution in [0.4, 0.5) is 0 Å². The molecule has 0 aliphatic carbocycles. The highest BCUT2D eigenvalue weighted by atomic mass is 14.8. The van der Waals surface area contributed by atoms with Gasteiger partial charge >= 0.3 is 0 Å². The molecule has 6 rings (SSSR count). The minimum absolute atomic E-state index is 0.855. The molecule has 0 spiro atoms. The zero-order chi connectivity index (χ0) is 25.9. The Morgan fingerprint density at radius 2 is 0.658 bits per heavy atom. The summed E-state index contributed by atoms with van der Waals surface area (Å²) in [7, 11) is 0. The van der Waals surface area contributed by atoms with Gasteiger partial charge in [0, 0.05) is 11.1 Å². The lowest BCUT2D eigenvalue weighted by Gasteiger charge is -2.13. The topological polar surface area (TPSA) is 25.8 Å². The highest BCUT2D eigenvalue weighted by Crippen LogP contribution is 2.33. The first-order valence-electron chi connectivity index (χ1n) is 12.9. The van der Waals surface area contributed by atoms with Crippen molar-refractivity contribution in [2.45, 2.75) is 13.8 Å². The van der Waals surface area contributed by atoms with E-state index < -0.39 is 0 Å². The molecule has 0 aliphatic heterocycles. The van der Waals surface area contributed by atoms with E-state index in [-0.39, 0.29) is 0 Å². The average Bonchev–Trinajstić information content (AvgIpc) is 2.98. The Labute approximate surface area is 224 Å². The van der Waals surface area contributed by atoms with E-state index in [4.69, 9.17) is 9.97 Å². The van der Waals surface area contributed by atoms with Crippen LogP contribution >= 0.6 is 0 Å². The smallest absolute Gasteiger partial charge is 0.0900 e. The normalized spacial score (nSPS) is 10.9. The van der Waals surface area contributed by atoms with Crippen LogP contribution in [0.1, 0.15) is 11.1 Å². The Kier molecular flexibility index (Phi) is 6.37. The lowest BCUT2D eigenvalue weighted by atomic mass is 9.98. The van der Waals surface area contributed by atoms with Gasteiger partial charge in [0.25, 0.3) is 0 Å². The Hall–Kier alpha value is -4.82. The fourth-order valence-corrected chi connectivity index (χ4v) is 4.66. The van der Waals surface area contributed by atoms with Crippen LogP contribution in [-0.2, 0) is 0 Å². The van der Waals surface area contributed by atoms with Gasteiger partial charge in [-0.1, -0.05) is 120 Å². The molecule has 2 nitrogen and oxygen atoms in total. The van der Waals surface area contributed by atoms with Crippen LogP contribution < -0.4 is 0 Å². The van der Waals surface area contributed by atoms with Crippen molar-refractivity contribution in [1.29, 1.82) is 0 Å². The summed E-state index contributed by atoms with van der Waals surface area (Å²) >= 11 is 0. The molecule has 38 heavy (non-hydrogen) atoms. The summed E-state index contributed by atoms with van der Waals surface area (Å²) in [6, 6.07) is 46.7. The summed E-state index contributed by atoms with van der Waals surface area (Å²) in [5, 5.41) is 0. The molecular formula is C36H28N2. The Morgan fingerprint density at radius 3 is 1.03 bits per heavy atom. The van der Waals surface area contributed by atoms with Gasteiger partial charge in [0.1, 0.15) is 0 Å². The quantitative estimate of drug-likeness (QED) is 0.241. The van der Waals surface area contributed by atoms with E-state index in [2.05, 4.69) is 135 Å². The molecule has 0 saturated heterocycles. The van der Waals surface area contributed by atoms with Gasteiger partial charge in [-0.15, -0.1) is 0 Å². The van der Waals surface area contributed by atoms with Crippen molar-refractivity contribution in [2.24, 2.45) is 0 Å². The minimum atomic E-state index is 0.855. The standard InChI is InChI=1S/C36H28N2/c1-25-13-17-29(18-14-25)33-21-31(27-9-5-3-6-10-27)23-35(37-33)36-24-32(28-11-7-4-8-12-28)22-34(38-36)30-19-15-26(2)16-20-30/h3-24H,1-2H3. The predicted octanol–water partition coefficient (Wildman–Crippen LogP) is 9.43. The lowest BCUT2D eigenvalue weighted by molar-refractivity contribution is 1.25. The number of hydrogen-bond acceptors (Lipinski definition) is 2. The summed E-state index contributed by atoms with van der Waals surface area (Å²) in [6.07, 6.45) is 0. The van der Waals surface area contributed by atoms with Gasteiger partial charge in [0.2, 0.25) is 0 Å². The fourth-order valence-electron chi connectivity index (χ4n) is 4.66. The van der Waals surface area contributed by atoms with E-state index in [9.17, 15) is 0 Å². The van der Waals surface area contributed by atoms with Crippen molar-refractivity contribution in [1.82, 2.24) is 9.97 Å². The summed E-state index contributed by atoms with van der Waals surface area (Å²) in [5.41, 5.74) is 12.8. The summed E-state index contributed by atoms with van der Waals surface area (Å²) in [6.45, 7) is 4.21. The van der Waals surface area contributed by atoms with Gasteiger partial charge in [-0.25, -0.2) is 9.97 Å². The van der Waals surface area contributed by atoms with Gasteiger partial charge < -0.3 is 0 Å². The molecule has 6 aromatic rings. The van der Waals surface area contributed by atoms with Crippen molar-refractivity contribution in [3.8, 4) is 56.2 Å². The van der Waals surface area contributed by atoms with Crippen molar-refractivity contribution in [3.05, 3.63) is 145 Å². The van der Waals surface area contributed by atoms with Crippen LogP contribution in [0.15, 0.2) is 133 Å². The number of hydrogen-bond donors (Lipinski definition) is 0. The monoisotopic (exact) mass is 488 g/mol. The molecule has 0 saturated carbocycles. The zero-order valence-corrected chi connectivity index (χ0v) is 21.6. The van der Waals surface area contributed by atoms with Gasteiger partial charge in [0.15, 0.2) is 0 Å². The van der Waals surface area contributed by atoms with Crippen LogP contribution in [0.3, 0.4) is 0 Å². The SMILES string of the molecule is Cc1ccc(-c2cc(-c3ccccc3)cc(-c3cc(-c4ccccc4)cc(-c4ccc(C)cc4)n3)n2)cc1. The van der Waals surface area contributed by atoms with Crippen LogP contribution in [0, 0.1) is 13.8 Å². The third-order valence-electron chi connectivity index (χ3n) is 6.82. The molecule has 4 aromatic carbocycles. The number of nitrogens with zero attached hydrogens (tertiary/aromatic N) is 2. The van der Waals surface area contributed by atoms with E-state index in [1.54, 1.807) is 0 Å². The molecule has 0 atom stereocenters. The molecule has 182 valence electrons. The van der Waals surface area contributed by atoms with Crippen LogP contribution in [0.25, 0.3) is 56.2 Å². The van der Waals surface area contributed by atoms with Crippen LogP contribution in [0.5, 0.6) is 0 Å². The fraction of sp³-hybridized carbons (Fsp3) is 0.0556. The largest absolute Gasteiger partial charge is 0.246 e. The third-order valence-corrected chi connectivity index (χ3v) is 6.82. The van der Waals surface area contributed by atoms with Crippen molar-refractivity contribution >= 4 is 0 Å². The lowest BCUT2D eigenvalue weighted by Crippen LogP contribution is -1.96. The third kappa shape index (κ3) is 5.02. The maximum absolute atomic E-state index is 5.15. The highest BCUT2D eigenvalue weighted by Gasteiger charge is 2.13. The van der Waals surface area contributed by atoms with Crippen LogP contribution in [-0.4, -0.2) is 9.97 Å². The van der Waals surface area contributed by atoms with E-state index in [0.717, 1.165) is 56.2 Å². The first-order valence-corrected chi connectivity index (χ1v) is 12.9. The van der Waals surface area contributed by atoms with Crippen molar-refractivity contribution in [3.63, 3.8) is 0 Å². The van der Waals surface area contributed by atoms with Crippen LogP contribution in [0.2, 0.25) is 0 Å². The minimum Gasteiger partial charge on any atom is -0.246 e. The molecule has 2 aromatic heterocycles. The zero-order valence-electron chi connectivity index (χ0n) is 21.6. The molecular weight excluding hydrogens is 460 g/mol. The number of pyridine rings is 2. The second-order valence-electron chi connectivity index (χ2n) is 9.72. The average molecular weight is 489 g/mol. The Balaban J connectivity index is 1.57. The molecule has 2 heteroatoms. The molecule has 0 N–H and O–H groups in total. The Bertz CT molecular complexity index is 1560. The first kappa shape index (κ1) is 23.6. The van der Waals surface area contributed by atoms with Crippen molar-refractivity contribution < 1.29 is 0 Å². The molecule has 2 heterocycles. The number of benzene rings is 4. The summed E-state index contributed by atoms with van der Waals surface area (Å²) in [5.74, 6) is 0. The highest BCUT2D eigenvalue weighted by molar-refractivity contribution is 5.80. The van der Waals surface area contributed by atoms with E-state index in [1.807, 2.05) is 12.1 Å². The maximum atomic E-state index is 5.15. The van der Waals surface area contributed by atoms with Gasteiger partial charge in [-0.3, -0.25) is 0 Å². The number of aromatic nitrogens is 2. The van der Waals surface area contributed by atoms with E-state index in [0.29, 0.717) is 0 Å². The molecule has 0 radical (unpaired) electrons.